The first-order valence-electron chi connectivity index (χ1n) is 8.75. The number of benzene rings is 1. The number of ether oxygens (including phenoxy) is 1. The van der Waals surface area contributed by atoms with Crippen LogP contribution in [0.5, 0.6) is 0 Å². The predicted octanol–water partition coefficient (Wildman–Crippen LogP) is 2.78. The number of anilines is 1. The first kappa shape index (κ1) is 15.9. The van der Waals surface area contributed by atoms with Gasteiger partial charge in [0.25, 0.3) is 0 Å². The Morgan fingerprint density at radius 3 is 2.72 bits per heavy atom. The monoisotopic (exact) mass is 335 g/mol. The standard InChI is InChI=1S/C19H21N5O/c20-13-24-11-16-17(12-24)22-19(21-10-14-6-8-25-9-7-14)23-18(16)15-4-2-1-3-5-15/h1-5,14H,6-12H2,(H,21,22,23). The van der Waals surface area contributed by atoms with Gasteiger partial charge in [-0.25, -0.2) is 9.97 Å². The van der Waals surface area contributed by atoms with Crippen molar-refractivity contribution in [2.24, 2.45) is 5.92 Å². The summed E-state index contributed by atoms with van der Waals surface area (Å²) in [5.74, 6) is 1.25. The summed E-state index contributed by atoms with van der Waals surface area (Å²) in [6, 6.07) is 10.1. The third kappa shape index (κ3) is 3.42. The van der Waals surface area contributed by atoms with Gasteiger partial charge in [-0.2, -0.15) is 5.26 Å². The fourth-order valence-electron chi connectivity index (χ4n) is 3.43. The van der Waals surface area contributed by atoms with Gasteiger partial charge < -0.3 is 15.0 Å². The van der Waals surface area contributed by atoms with Gasteiger partial charge in [-0.15, -0.1) is 0 Å². The van der Waals surface area contributed by atoms with E-state index in [-0.39, 0.29) is 0 Å². The minimum Gasteiger partial charge on any atom is -0.381 e. The summed E-state index contributed by atoms with van der Waals surface area (Å²) < 4.78 is 5.42. The Hall–Kier alpha value is -2.65. The number of aromatic nitrogens is 2. The Labute approximate surface area is 147 Å². The number of nitrogens with zero attached hydrogens (tertiary/aromatic N) is 4. The average Bonchev–Trinajstić information content (AvgIpc) is 3.10. The number of hydrogen-bond donors (Lipinski definition) is 1. The van der Waals surface area contributed by atoms with Gasteiger partial charge in [0.15, 0.2) is 6.19 Å². The summed E-state index contributed by atoms with van der Waals surface area (Å²) in [6.07, 6.45) is 4.37. The summed E-state index contributed by atoms with van der Waals surface area (Å²) >= 11 is 0. The molecule has 2 aliphatic heterocycles. The molecule has 1 saturated heterocycles. The van der Waals surface area contributed by atoms with Crippen molar-refractivity contribution in [3.05, 3.63) is 41.6 Å². The first-order chi connectivity index (χ1) is 12.3. The molecule has 2 aromatic rings. The zero-order valence-corrected chi connectivity index (χ0v) is 14.1. The van der Waals surface area contributed by atoms with Crippen molar-refractivity contribution >= 4 is 5.95 Å². The van der Waals surface area contributed by atoms with Crippen LogP contribution in [0.2, 0.25) is 0 Å². The minimum atomic E-state index is 0.556. The molecular formula is C19H21N5O. The maximum Gasteiger partial charge on any atom is 0.223 e. The van der Waals surface area contributed by atoms with E-state index in [9.17, 15) is 5.26 Å². The molecule has 0 aliphatic carbocycles. The van der Waals surface area contributed by atoms with Gasteiger partial charge in [0.2, 0.25) is 5.95 Å². The van der Waals surface area contributed by atoms with E-state index in [0.717, 1.165) is 55.1 Å². The van der Waals surface area contributed by atoms with Gasteiger partial charge in [0.05, 0.1) is 24.5 Å². The fourth-order valence-corrected chi connectivity index (χ4v) is 3.43. The lowest BCUT2D eigenvalue weighted by Crippen LogP contribution is -2.23. The summed E-state index contributed by atoms with van der Waals surface area (Å²) in [4.78, 5) is 11.2. The van der Waals surface area contributed by atoms with Crippen molar-refractivity contribution in [3.63, 3.8) is 0 Å². The Bertz CT molecular complexity index is 780. The number of nitrogens with one attached hydrogen (secondary N) is 1. The maximum atomic E-state index is 9.24. The molecule has 128 valence electrons. The lowest BCUT2D eigenvalue weighted by Gasteiger charge is -2.22. The van der Waals surface area contributed by atoms with E-state index in [4.69, 9.17) is 9.72 Å². The van der Waals surface area contributed by atoms with Crippen LogP contribution in [0, 0.1) is 17.4 Å². The molecule has 1 aromatic heterocycles. The third-order valence-electron chi connectivity index (χ3n) is 4.86. The van der Waals surface area contributed by atoms with Crippen LogP contribution in [0.3, 0.4) is 0 Å². The summed E-state index contributed by atoms with van der Waals surface area (Å²) in [5.41, 5.74) is 4.00. The fraction of sp³-hybridized carbons (Fsp3) is 0.421. The van der Waals surface area contributed by atoms with Gasteiger partial charge in [-0.1, -0.05) is 30.3 Å². The van der Waals surface area contributed by atoms with Crippen molar-refractivity contribution in [1.29, 1.82) is 5.26 Å². The predicted molar refractivity (Wildman–Crippen MR) is 94.4 cm³/mol. The molecule has 6 nitrogen and oxygen atoms in total. The molecule has 1 N–H and O–H groups in total. The molecule has 1 fully saturated rings. The van der Waals surface area contributed by atoms with Crippen molar-refractivity contribution in [2.45, 2.75) is 25.9 Å². The van der Waals surface area contributed by atoms with E-state index < -0.39 is 0 Å². The van der Waals surface area contributed by atoms with Gasteiger partial charge in [0.1, 0.15) is 0 Å². The second kappa shape index (κ2) is 7.08. The van der Waals surface area contributed by atoms with E-state index in [1.807, 2.05) is 18.2 Å². The second-order valence-electron chi connectivity index (χ2n) is 6.58. The SMILES string of the molecule is N#CN1Cc2nc(NCC3CCOCC3)nc(-c3ccccc3)c2C1. The van der Waals surface area contributed by atoms with Crippen LogP contribution in [-0.4, -0.2) is 34.6 Å². The molecule has 4 rings (SSSR count). The van der Waals surface area contributed by atoms with Gasteiger partial charge >= 0.3 is 0 Å². The Morgan fingerprint density at radius 1 is 1.16 bits per heavy atom. The summed E-state index contributed by atoms with van der Waals surface area (Å²) in [7, 11) is 0. The zero-order chi connectivity index (χ0) is 17.1. The van der Waals surface area contributed by atoms with Crippen LogP contribution in [0.25, 0.3) is 11.3 Å². The largest absolute Gasteiger partial charge is 0.381 e. The van der Waals surface area contributed by atoms with E-state index in [2.05, 4.69) is 28.6 Å². The van der Waals surface area contributed by atoms with Gasteiger partial charge in [-0.05, 0) is 18.8 Å². The van der Waals surface area contributed by atoms with Crippen molar-refractivity contribution in [2.75, 3.05) is 25.1 Å². The molecule has 0 amide bonds. The van der Waals surface area contributed by atoms with Crippen molar-refractivity contribution in [3.8, 4) is 17.5 Å². The van der Waals surface area contributed by atoms with E-state index in [1.165, 1.54) is 0 Å². The van der Waals surface area contributed by atoms with Gasteiger partial charge in [-0.3, -0.25) is 0 Å². The molecule has 0 bridgehead atoms. The second-order valence-corrected chi connectivity index (χ2v) is 6.58. The molecule has 3 heterocycles. The molecular weight excluding hydrogens is 314 g/mol. The van der Waals surface area contributed by atoms with E-state index >= 15 is 0 Å². The normalized spacial score (nSPS) is 17.2. The number of fused-ring (bicyclic) bond motifs is 1. The number of rotatable bonds is 4. The molecule has 6 heteroatoms. The molecule has 0 spiro atoms. The maximum absolute atomic E-state index is 9.24. The van der Waals surface area contributed by atoms with Crippen LogP contribution in [0.15, 0.2) is 30.3 Å². The number of hydrogen-bond acceptors (Lipinski definition) is 6. The van der Waals surface area contributed by atoms with E-state index in [0.29, 0.717) is 25.0 Å². The molecule has 25 heavy (non-hydrogen) atoms. The van der Waals surface area contributed by atoms with Crippen LogP contribution in [-0.2, 0) is 17.8 Å². The summed E-state index contributed by atoms with van der Waals surface area (Å²) in [6.45, 7) is 3.67. The highest BCUT2D eigenvalue weighted by Crippen LogP contribution is 2.31. The highest BCUT2D eigenvalue weighted by Gasteiger charge is 2.25. The van der Waals surface area contributed by atoms with E-state index in [1.54, 1.807) is 4.90 Å². The molecule has 0 atom stereocenters. The first-order valence-corrected chi connectivity index (χ1v) is 8.75. The highest BCUT2D eigenvalue weighted by molar-refractivity contribution is 5.66. The molecule has 0 saturated carbocycles. The van der Waals surface area contributed by atoms with Crippen LogP contribution in [0.1, 0.15) is 24.1 Å². The average molecular weight is 335 g/mol. The van der Waals surface area contributed by atoms with Gasteiger partial charge in [0, 0.05) is 30.9 Å². The number of nitriles is 1. The topological polar surface area (TPSA) is 74.1 Å². The van der Waals surface area contributed by atoms with Crippen LogP contribution in [0.4, 0.5) is 5.95 Å². The van der Waals surface area contributed by atoms with Crippen molar-refractivity contribution in [1.82, 2.24) is 14.9 Å². The van der Waals surface area contributed by atoms with Crippen molar-refractivity contribution < 1.29 is 4.74 Å². The molecule has 0 unspecified atom stereocenters. The highest BCUT2D eigenvalue weighted by atomic mass is 16.5. The summed E-state index contributed by atoms with van der Waals surface area (Å²) in [5, 5.41) is 12.7. The van der Waals surface area contributed by atoms with Crippen LogP contribution < -0.4 is 5.32 Å². The third-order valence-corrected chi connectivity index (χ3v) is 4.86. The molecule has 0 radical (unpaired) electrons. The lowest BCUT2D eigenvalue weighted by molar-refractivity contribution is 0.0699. The lowest BCUT2D eigenvalue weighted by atomic mass is 10.0. The Morgan fingerprint density at radius 2 is 1.96 bits per heavy atom. The molecule has 2 aliphatic rings. The minimum absolute atomic E-state index is 0.556. The zero-order valence-electron chi connectivity index (χ0n) is 14.1. The Kier molecular flexibility index (Phi) is 4.49. The Balaban J connectivity index is 1.61. The molecule has 1 aromatic carbocycles. The van der Waals surface area contributed by atoms with Crippen LogP contribution >= 0.6 is 0 Å². The smallest absolute Gasteiger partial charge is 0.223 e. The quantitative estimate of drug-likeness (QED) is 0.866.